The predicted octanol–water partition coefficient (Wildman–Crippen LogP) is 1.64. The maximum atomic E-state index is 11.5. The molecule has 1 aliphatic rings. The lowest BCUT2D eigenvalue weighted by molar-refractivity contribution is -0.126. The third-order valence-electron chi connectivity index (χ3n) is 2.75. The maximum absolute atomic E-state index is 11.5. The number of hydrogen-bond donors (Lipinski definition) is 2. The van der Waals surface area contributed by atoms with Gasteiger partial charge >= 0.3 is 0 Å². The first-order valence-electron chi connectivity index (χ1n) is 5.48. The van der Waals surface area contributed by atoms with Crippen LogP contribution in [0, 0.1) is 5.92 Å². The minimum Gasteiger partial charge on any atom is -0.355 e. The Morgan fingerprint density at radius 3 is 2.82 bits per heavy atom. The van der Waals surface area contributed by atoms with Crippen LogP contribution in [0.2, 0.25) is 5.02 Å². The topological polar surface area (TPSA) is 41.1 Å². The summed E-state index contributed by atoms with van der Waals surface area (Å²) in [7, 11) is 0. The Labute approximate surface area is 112 Å². The van der Waals surface area contributed by atoms with Crippen molar-refractivity contribution in [2.45, 2.75) is 6.42 Å². The van der Waals surface area contributed by atoms with Gasteiger partial charge in [-0.2, -0.15) is 0 Å². The molecule has 1 heterocycles. The van der Waals surface area contributed by atoms with E-state index >= 15 is 0 Å². The van der Waals surface area contributed by atoms with E-state index in [1.807, 2.05) is 24.3 Å². The van der Waals surface area contributed by atoms with E-state index in [2.05, 4.69) is 10.6 Å². The number of benzene rings is 1. The zero-order valence-electron chi connectivity index (χ0n) is 9.41. The van der Waals surface area contributed by atoms with Crippen molar-refractivity contribution in [3.63, 3.8) is 0 Å². The molecule has 94 valence electrons. The van der Waals surface area contributed by atoms with E-state index in [0.29, 0.717) is 6.54 Å². The molecule has 2 N–H and O–H groups in total. The van der Waals surface area contributed by atoms with E-state index in [4.69, 9.17) is 11.6 Å². The fourth-order valence-corrected chi connectivity index (χ4v) is 1.85. The molecule has 0 radical (unpaired) electrons. The molecule has 0 aromatic heterocycles. The van der Waals surface area contributed by atoms with Crippen LogP contribution in [0.15, 0.2) is 24.3 Å². The smallest absolute Gasteiger partial charge is 0.225 e. The molecule has 0 unspecified atom stereocenters. The van der Waals surface area contributed by atoms with Gasteiger partial charge in [0.2, 0.25) is 5.91 Å². The van der Waals surface area contributed by atoms with Gasteiger partial charge < -0.3 is 10.6 Å². The molecule has 1 saturated heterocycles. The highest BCUT2D eigenvalue weighted by atomic mass is 35.5. The molecule has 3 nitrogen and oxygen atoms in total. The zero-order chi connectivity index (χ0) is 11.4. The van der Waals surface area contributed by atoms with Gasteiger partial charge in [0.1, 0.15) is 0 Å². The molecular weight excluding hydrogens is 259 g/mol. The number of amides is 1. The van der Waals surface area contributed by atoms with Crippen LogP contribution >= 0.6 is 24.0 Å². The van der Waals surface area contributed by atoms with E-state index in [9.17, 15) is 4.79 Å². The molecule has 0 spiro atoms. The monoisotopic (exact) mass is 274 g/mol. The minimum atomic E-state index is 0. The summed E-state index contributed by atoms with van der Waals surface area (Å²) in [6.45, 7) is 2.29. The average Bonchev–Trinajstić information content (AvgIpc) is 2.15. The quantitative estimate of drug-likeness (QED) is 0.877. The first-order chi connectivity index (χ1) is 7.75. The third kappa shape index (κ3) is 4.19. The van der Waals surface area contributed by atoms with Crippen molar-refractivity contribution in [2.75, 3.05) is 19.6 Å². The van der Waals surface area contributed by atoms with Crippen molar-refractivity contribution < 1.29 is 4.79 Å². The SMILES string of the molecule is Cl.O=C(NCCc1cccc(Cl)c1)C1CNC1. The van der Waals surface area contributed by atoms with Gasteiger partial charge in [0.15, 0.2) is 0 Å². The summed E-state index contributed by atoms with van der Waals surface area (Å²) >= 11 is 5.87. The lowest BCUT2D eigenvalue weighted by Gasteiger charge is -2.25. The van der Waals surface area contributed by atoms with Gasteiger partial charge in [-0.05, 0) is 24.1 Å². The molecule has 1 amide bonds. The van der Waals surface area contributed by atoms with Crippen molar-refractivity contribution in [1.82, 2.24) is 10.6 Å². The van der Waals surface area contributed by atoms with Gasteiger partial charge in [-0.25, -0.2) is 0 Å². The van der Waals surface area contributed by atoms with Gasteiger partial charge in [0.25, 0.3) is 0 Å². The Morgan fingerprint density at radius 1 is 1.47 bits per heavy atom. The third-order valence-corrected chi connectivity index (χ3v) is 2.99. The molecular formula is C12H16Cl2N2O. The van der Waals surface area contributed by atoms with Crippen LogP contribution in [0.25, 0.3) is 0 Å². The van der Waals surface area contributed by atoms with Gasteiger partial charge in [-0.15, -0.1) is 12.4 Å². The van der Waals surface area contributed by atoms with Crippen molar-refractivity contribution in [3.8, 4) is 0 Å². The highest BCUT2D eigenvalue weighted by molar-refractivity contribution is 6.30. The maximum Gasteiger partial charge on any atom is 0.225 e. The summed E-state index contributed by atoms with van der Waals surface area (Å²) in [6.07, 6.45) is 0.826. The second kappa shape index (κ2) is 6.84. The van der Waals surface area contributed by atoms with Gasteiger partial charge in [0, 0.05) is 24.7 Å². The summed E-state index contributed by atoms with van der Waals surface area (Å²) in [5.74, 6) is 0.320. The number of nitrogens with one attached hydrogen (secondary N) is 2. The second-order valence-corrected chi connectivity index (χ2v) is 4.46. The number of rotatable bonds is 4. The molecule has 17 heavy (non-hydrogen) atoms. The van der Waals surface area contributed by atoms with Gasteiger partial charge in [-0.1, -0.05) is 23.7 Å². The standard InChI is InChI=1S/C12H15ClN2O.ClH/c13-11-3-1-2-9(6-11)4-5-15-12(16)10-7-14-8-10;/h1-3,6,10,14H,4-5,7-8H2,(H,15,16);1H. The fourth-order valence-electron chi connectivity index (χ4n) is 1.64. The van der Waals surface area contributed by atoms with Crippen LogP contribution in [0.5, 0.6) is 0 Å². The highest BCUT2D eigenvalue weighted by Gasteiger charge is 2.23. The molecule has 1 aromatic rings. The summed E-state index contributed by atoms with van der Waals surface area (Å²) in [5.41, 5.74) is 1.15. The largest absolute Gasteiger partial charge is 0.355 e. The Balaban J connectivity index is 0.00000144. The number of halogens is 2. The molecule has 0 saturated carbocycles. The number of hydrogen-bond acceptors (Lipinski definition) is 2. The molecule has 1 aliphatic heterocycles. The van der Waals surface area contributed by atoms with E-state index in [0.717, 1.165) is 30.1 Å². The fraction of sp³-hybridized carbons (Fsp3) is 0.417. The van der Waals surface area contributed by atoms with Gasteiger partial charge in [0.05, 0.1) is 5.92 Å². The summed E-state index contributed by atoms with van der Waals surface area (Å²) in [5, 5.41) is 6.75. The molecule has 0 atom stereocenters. The predicted molar refractivity (Wildman–Crippen MR) is 71.8 cm³/mol. The Kier molecular flexibility index (Phi) is 5.75. The lowest BCUT2D eigenvalue weighted by atomic mass is 10.0. The number of carbonyl (C=O) groups is 1. The van der Waals surface area contributed by atoms with Gasteiger partial charge in [-0.3, -0.25) is 4.79 Å². The van der Waals surface area contributed by atoms with Crippen molar-refractivity contribution in [2.24, 2.45) is 5.92 Å². The van der Waals surface area contributed by atoms with Crippen LogP contribution in [0.1, 0.15) is 5.56 Å². The summed E-state index contributed by atoms with van der Waals surface area (Å²) < 4.78 is 0. The minimum absolute atomic E-state index is 0. The van der Waals surface area contributed by atoms with Crippen molar-refractivity contribution in [3.05, 3.63) is 34.9 Å². The molecule has 1 fully saturated rings. The number of carbonyl (C=O) groups excluding carboxylic acids is 1. The summed E-state index contributed by atoms with van der Waals surface area (Å²) in [6, 6.07) is 7.72. The molecule has 1 aromatic carbocycles. The molecule has 0 bridgehead atoms. The van der Waals surface area contributed by atoms with Crippen LogP contribution in [0.4, 0.5) is 0 Å². The average molecular weight is 275 g/mol. The first kappa shape index (κ1) is 14.3. The van der Waals surface area contributed by atoms with E-state index in [1.165, 1.54) is 0 Å². The van der Waals surface area contributed by atoms with Crippen LogP contribution in [-0.4, -0.2) is 25.5 Å². The highest BCUT2D eigenvalue weighted by Crippen LogP contribution is 2.10. The van der Waals surface area contributed by atoms with Crippen molar-refractivity contribution in [1.29, 1.82) is 0 Å². The molecule has 5 heteroatoms. The molecule has 0 aliphatic carbocycles. The van der Waals surface area contributed by atoms with E-state index in [-0.39, 0.29) is 24.2 Å². The Hall–Kier alpha value is -0.770. The van der Waals surface area contributed by atoms with Crippen molar-refractivity contribution >= 4 is 29.9 Å². The second-order valence-electron chi connectivity index (χ2n) is 4.03. The van der Waals surface area contributed by atoms with Crippen LogP contribution in [0.3, 0.4) is 0 Å². The van der Waals surface area contributed by atoms with E-state index < -0.39 is 0 Å². The lowest BCUT2D eigenvalue weighted by Crippen LogP contribution is -2.51. The Morgan fingerprint density at radius 2 is 2.24 bits per heavy atom. The van der Waals surface area contributed by atoms with Crippen LogP contribution < -0.4 is 10.6 Å². The first-order valence-corrected chi connectivity index (χ1v) is 5.86. The normalized spacial score (nSPS) is 14.6. The Bertz CT molecular complexity index is 381. The van der Waals surface area contributed by atoms with E-state index in [1.54, 1.807) is 0 Å². The summed E-state index contributed by atoms with van der Waals surface area (Å²) in [4.78, 5) is 11.5. The van der Waals surface area contributed by atoms with Crippen LogP contribution in [-0.2, 0) is 11.2 Å². The zero-order valence-corrected chi connectivity index (χ0v) is 11.0. The molecule has 2 rings (SSSR count).